The van der Waals surface area contributed by atoms with Crippen molar-refractivity contribution >= 4 is 24.0 Å². The summed E-state index contributed by atoms with van der Waals surface area (Å²) in [4.78, 5) is 12.0. The molecular weight excluding hydrogens is 340 g/mol. The van der Waals surface area contributed by atoms with E-state index in [1.807, 2.05) is 48.5 Å². The molecule has 1 unspecified atom stereocenters. The number of benzene rings is 2. The van der Waals surface area contributed by atoms with E-state index in [0.717, 1.165) is 30.8 Å². The molecule has 2 N–H and O–H groups in total. The van der Waals surface area contributed by atoms with Crippen LogP contribution in [0.15, 0.2) is 48.5 Å². The first-order valence-corrected chi connectivity index (χ1v) is 8.18. The zero-order chi connectivity index (χ0) is 16.8. The van der Waals surface area contributed by atoms with Crippen LogP contribution < -0.4 is 20.1 Å². The first-order chi connectivity index (χ1) is 11.7. The number of nitrogens with one attached hydrogen (secondary N) is 2. The van der Waals surface area contributed by atoms with Crippen molar-refractivity contribution in [1.29, 1.82) is 0 Å². The smallest absolute Gasteiger partial charge is 0.225 e. The minimum Gasteiger partial charge on any atom is -0.497 e. The van der Waals surface area contributed by atoms with Gasteiger partial charge >= 0.3 is 0 Å². The molecule has 0 spiro atoms. The van der Waals surface area contributed by atoms with Gasteiger partial charge in [0.15, 0.2) is 0 Å². The van der Waals surface area contributed by atoms with Gasteiger partial charge in [0.2, 0.25) is 5.91 Å². The van der Waals surface area contributed by atoms with E-state index in [2.05, 4.69) is 10.6 Å². The fraction of sp³-hybridized carbons (Fsp3) is 0.316. The van der Waals surface area contributed by atoms with Crippen molar-refractivity contribution in [3.05, 3.63) is 48.5 Å². The fourth-order valence-corrected chi connectivity index (χ4v) is 2.77. The molecular formula is C19H23ClN2O3. The maximum atomic E-state index is 12.0. The number of halogens is 1. The molecule has 1 amide bonds. The topological polar surface area (TPSA) is 59.6 Å². The van der Waals surface area contributed by atoms with Gasteiger partial charge in [-0.1, -0.05) is 6.07 Å². The summed E-state index contributed by atoms with van der Waals surface area (Å²) >= 11 is 0. The lowest BCUT2D eigenvalue weighted by atomic mass is 10.1. The van der Waals surface area contributed by atoms with Gasteiger partial charge in [-0.05, 0) is 55.8 Å². The van der Waals surface area contributed by atoms with Gasteiger partial charge in [-0.3, -0.25) is 4.79 Å². The van der Waals surface area contributed by atoms with Crippen LogP contribution in [0.25, 0.3) is 0 Å². The van der Waals surface area contributed by atoms with Crippen molar-refractivity contribution in [2.24, 2.45) is 0 Å². The molecule has 5 nitrogen and oxygen atoms in total. The van der Waals surface area contributed by atoms with Crippen molar-refractivity contribution in [3.63, 3.8) is 0 Å². The summed E-state index contributed by atoms with van der Waals surface area (Å²) < 4.78 is 11.0. The van der Waals surface area contributed by atoms with E-state index in [4.69, 9.17) is 9.47 Å². The molecule has 1 saturated heterocycles. The maximum Gasteiger partial charge on any atom is 0.225 e. The van der Waals surface area contributed by atoms with Gasteiger partial charge in [0, 0.05) is 24.2 Å². The number of rotatable bonds is 6. The predicted molar refractivity (Wildman–Crippen MR) is 101 cm³/mol. The van der Waals surface area contributed by atoms with Crippen LogP contribution in [0.3, 0.4) is 0 Å². The number of anilines is 1. The van der Waals surface area contributed by atoms with E-state index in [-0.39, 0.29) is 18.3 Å². The Bertz CT molecular complexity index is 685. The standard InChI is InChI=1S/C19H22N2O3.ClH/c1-23-17-5-2-6-18(13-17)24-16-9-7-14(8-10-16)21-19(22)12-15-4-3-11-20-15;/h2,5-10,13,15,20H,3-4,11-12H2,1H3,(H,21,22);1H. The highest BCUT2D eigenvalue weighted by Gasteiger charge is 2.17. The second-order valence-corrected chi connectivity index (χ2v) is 5.85. The summed E-state index contributed by atoms with van der Waals surface area (Å²) in [6.45, 7) is 1.01. The average Bonchev–Trinajstić information content (AvgIpc) is 3.09. The molecule has 2 aromatic rings. The number of hydrogen-bond acceptors (Lipinski definition) is 4. The maximum absolute atomic E-state index is 12.0. The highest BCUT2D eigenvalue weighted by Crippen LogP contribution is 2.26. The average molecular weight is 363 g/mol. The van der Waals surface area contributed by atoms with Crippen LogP contribution >= 0.6 is 12.4 Å². The van der Waals surface area contributed by atoms with Crippen molar-refractivity contribution in [1.82, 2.24) is 5.32 Å². The van der Waals surface area contributed by atoms with E-state index in [1.54, 1.807) is 7.11 Å². The Hall–Kier alpha value is -2.24. The highest BCUT2D eigenvalue weighted by molar-refractivity contribution is 5.91. The van der Waals surface area contributed by atoms with E-state index in [9.17, 15) is 4.79 Å². The summed E-state index contributed by atoms with van der Waals surface area (Å²) in [5.74, 6) is 2.20. The van der Waals surface area contributed by atoms with E-state index in [1.165, 1.54) is 0 Å². The van der Waals surface area contributed by atoms with Crippen LogP contribution in [-0.2, 0) is 4.79 Å². The Morgan fingerprint density at radius 1 is 1.16 bits per heavy atom. The predicted octanol–water partition coefficient (Wildman–Crippen LogP) is 3.99. The molecule has 1 aliphatic rings. The number of carbonyl (C=O) groups is 1. The lowest BCUT2D eigenvalue weighted by Crippen LogP contribution is -2.27. The zero-order valence-electron chi connectivity index (χ0n) is 14.2. The molecule has 25 heavy (non-hydrogen) atoms. The first kappa shape index (κ1) is 19.1. The van der Waals surface area contributed by atoms with Crippen LogP contribution in [-0.4, -0.2) is 25.6 Å². The molecule has 2 aromatic carbocycles. The second-order valence-electron chi connectivity index (χ2n) is 5.85. The third kappa shape index (κ3) is 5.66. The molecule has 1 fully saturated rings. The largest absolute Gasteiger partial charge is 0.497 e. The fourth-order valence-electron chi connectivity index (χ4n) is 2.77. The van der Waals surface area contributed by atoms with Gasteiger partial charge in [0.25, 0.3) is 0 Å². The summed E-state index contributed by atoms with van der Waals surface area (Å²) in [7, 11) is 1.62. The minimum atomic E-state index is 0. The summed E-state index contributed by atoms with van der Waals surface area (Å²) in [5, 5.41) is 6.25. The van der Waals surface area contributed by atoms with E-state index < -0.39 is 0 Å². The first-order valence-electron chi connectivity index (χ1n) is 8.18. The number of methoxy groups -OCH3 is 1. The summed E-state index contributed by atoms with van der Waals surface area (Å²) in [5.41, 5.74) is 0.774. The van der Waals surface area contributed by atoms with E-state index >= 15 is 0 Å². The Morgan fingerprint density at radius 2 is 1.92 bits per heavy atom. The number of amides is 1. The van der Waals surface area contributed by atoms with Crippen LogP contribution in [0.1, 0.15) is 19.3 Å². The molecule has 1 atom stereocenters. The third-order valence-electron chi connectivity index (χ3n) is 4.01. The Kier molecular flexibility index (Phi) is 7.10. The molecule has 0 saturated carbocycles. The van der Waals surface area contributed by atoms with Crippen LogP contribution in [0, 0.1) is 0 Å². The number of hydrogen-bond donors (Lipinski definition) is 2. The van der Waals surface area contributed by atoms with Gasteiger partial charge in [-0.25, -0.2) is 0 Å². The van der Waals surface area contributed by atoms with Crippen LogP contribution in [0.4, 0.5) is 5.69 Å². The monoisotopic (exact) mass is 362 g/mol. The van der Waals surface area contributed by atoms with Gasteiger partial charge in [0.1, 0.15) is 17.2 Å². The molecule has 3 rings (SSSR count). The Labute approximate surface area is 154 Å². The van der Waals surface area contributed by atoms with Crippen LogP contribution in [0.5, 0.6) is 17.2 Å². The Balaban J connectivity index is 0.00000225. The Morgan fingerprint density at radius 3 is 2.60 bits per heavy atom. The minimum absolute atomic E-state index is 0. The van der Waals surface area contributed by atoms with Gasteiger partial charge in [0.05, 0.1) is 7.11 Å². The van der Waals surface area contributed by atoms with Crippen molar-refractivity contribution in [2.45, 2.75) is 25.3 Å². The number of carbonyl (C=O) groups excluding carboxylic acids is 1. The zero-order valence-corrected chi connectivity index (χ0v) is 15.0. The van der Waals surface area contributed by atoms with Crippen molar-refractivity contribution in [2.75, 3.05) is 19.0 Å². The molecule has 0 aliphatic carbocycles. The van der Waals surface area contributed by atoms with E-state index in [0.29, 0.717) is 24.0 Å². The van der Waals surface area contributed by atoms with Gasteiger partial charge < -0.3 is 20.1 Å². The van der Waals surface area contributed by atoms with Crippen molar-refractivity contribution < 1.29 is 14.3 Å². The molecule has 1 aliphatic heterocycles. The number of ether oxygens (including phenoxy) is 2. The molecule has 0 bridgehead atoms. The normalized spacial score (nSPS) is 16.0. The lowest BCUT2D eigenvalue weighted by Gasteiger charge is -2.11. The summed E-state index contributed by atoms with van der Waals surface area (Å²) in [6, 6.07) is 15.1. The molecule has 6 heteroatoms. The summed E-state index contributed by atoms with van der Waals surface area (Å²) in [6.07, 6.45) is 2.73. The molecule has 1 heterocycles. The highest BCUT2D eigenvalue weighted by atomic mass is 35.5. The van der Waals surface area contributed by atoms with Crippen molar-refractivity contribution in [3.8, 4) is 17.2 Å². The second kappa shape index (κ2) is 9.30. The molecule has 0 aromatic heterocycles. The third-order valence-corrected chi connectivity index (χ3v) is 4.01. The van der Waals surface area contributed by atoms with Gasteiger partial charge in [-0.15, -0.1) is 12.4 Å². The SMILES string of the molecule is COc1cccc(Oc2ccc(NC(=O)CC3CCCN3)cc2)c1.Cl. The molecule has 134 valence electrons. The molecule has 0 radical (unpaired) electrons. The van der Waals surface area contributed by atoms with Gasteiger partial charge in [-0.2, -0.15) is 0 Å². The quantitative estimate of drug-likeness (QED) is 0.815. The lowest BCUT2D eigenvalue weighted by molar-refractivity contribution is -0.116. The van der Waals surface area contributed by atoms with Crippen LogP contribution in [0.2, 0.25) is 0 Å².